The molecular weight excluding hydrogens is 330 g/mol. The molecule has 7 heteroatoms. The molecule has 3 aromatic rings. The first kappa shape index (κ1) is 16.5. The van der Waals surface area contributed by atoms with Crippen molar-refractivity contribution in [3.8, 4) is 11.5 Å². The first-order valence-electron chi connectivity index (χ1n) is 8.78. The van der Waals surface area contributed by atoms with E-state index in [0.717, 1.165) is 36.5 Å². The van der Waals surface area contributed by atoms with E-state index < -0.39 is 0 Å². The third-order valence-electron chi connectivity index (χ3n) is 4.36. The molecule has 1 aromatic carbocycles. The van der Waals surface area contributed by atoms with Gasteiger partial charge in [-0.25, -0.2) is 9.97 Å². The Bertz CT molecular complexity index is 852. The number of benzene rings is 1. The monoisotopic (exact) mass is 351 g/mol. The Labute approximate surface area is 151 Å². The Kier molecular flexibility index (Phi) is 4.79. The number of nitrogens with zero attached hydrogens (tertiary/aromatic N) is 4. The largest absolute Gasteiger partial charge is 0.444 e. The van der Waals surface area contributed by atoms with Crippen molar-refractivity contribution < 1.29 is 9.52 Å². The number of rotatable bonds is 5. The zero-order chi connectivity index (χ0) is 17.8. The predicted molar refractivity (Wildman–Crippen MR) is 98.8 cm³/mol. The molecule has 26 heavy (non-hydrogen) atoms. The normalized spacial score (nSPS) is 17.3. The Balaban J connectivity index is 1.41. The molecule has 0 saturated carbocycles. The van der Waals surface area contributed by atoms with Crippen LogP contribution in [0.15, 0.2) is 53.3 Å². The smallest absolute Gasteiger partial charge is 0.226 e. The fourth-order valence-electron chi connectivity index (χ4n) is 3.04. The number of oxazole rings is 1. The number of β-amino-alcohol motifs (C(OH)–C–C–N with tert-alkyl or cyclic N) is 1. The van der Waals surface area contributed by atoms with E-state index >= 15 is 0 Å². The number of nitrogens with one attached hydrogen (secondary N) is 1. The highest BCUT2D eigenvalue weighted by atomic mass is 16.3. The van der Waals surface area contributed by atoms with Crippen LogP contribution in [0.2, 0.25) is 0 Å². The second kappa shape index (κ2) is 7.53. The van der Waals surface area contributed by atoms with E-state index in [1.807, 2.05) is 36.4 Å². The summed E-state index contributed by atoms with van der Waals surface area (Å²) >= 11 is 0. The number of piperidine rings is 1. The summed E-state index contributed by atoms with van der Waals surface area (Å²) in [6.45, 7) is 1.99. The molecule has 0 bridgehead atoms. The first-order valence-corrected chi connectivity index (χ1v) is 8.78. The van der Waals surface area contributed by atoms with Crippen LogP contribution >= 0.6 is 0 Å². The molecule has 2 aromatic heterocycles. The number of aliphatic hydroxyl groups is 1. The van der Waals surface area contributed by atoms with Gasteiger partial charge in [-0.05, 0) is 31.0 Å². The predicted octanol–water partition coefficient (Wildman–Crippen LogP) is 2.70. The van der Waals surface area contributed by atoms with Gasteiger partial charge < -0.3 is 19.7 Å². The average Bonchev–Trinajstić information content (AvgIpc) is 3.16. The molecule has 0 aliphatic carbocycles. The van der Waals surface area contributed by atoms with Crippen molar-refractivity contribution in [2.24, 2.45) is 0 Å². The Morgan fingerprint density at radius 2 is 2.08 bits per heavy atom. The summed E-state index contributed by atoms with van der Waals surface area (Å²) in [5, 5.41) is 13.0. The molecule has 3 heterocycles. The zero-order valence-corrected chi connectivity index (χ0v) is 14.4. The summed E-state index contributed by atoms with van der Waals surface area (Å²) in [7, 11) is 0. The number of anilines is 2. The van der Waals surface area contributed by atoms with Crippen LogP contribution in [-0.2, 0) is 6.54 Å². The zero-order valence-electron chi connectivity index (χ0n) is 14.4. The van der Waals surface area contributed by atoms with Crippen molar-refractivity contribution in [1.82, 2.24) is 15.0 Å². The Morgan fingerprint density at radius 1 is 1.19 bits per heavy atom. The molecule has 0 spiro atoms. The maximum absolute atomic E-state index is 9.84. The van der Waals surface area contributed by atoms with Gasteiger partial charge in [0.05, 0.1) is 18.3 Å². The fraction of sp³-hybridized carbons (Fsp3) is 0.316. The average molecular weight is 351 g/mol. The maximum Gasteiger partial charge on any atom is 0.226 e. The van der Waals surface area contributed by atoms with Gasteiger partial charge in [0, 0.05) is 24.8 Å². The molecule has 1 aliphatic rings. The van der Waals surface area contributed by atoms with Crippen molar-refractivity contribution in [2.45, 2.75) is 25.5 Å². The second-order valence-corrected chi connectivity index (χ2v) is 6.34. The lowest BCUT2D eigenvalue weighted by molar-refractivity contribution is 0.154. The van der Waals surface area contributed by atoms with Crippen molar-refractivity contribution in [1.29, 1.82) is 0 Å². The molecule has 1 fully saturated rings. The molecule has 134 valence electrons. The van der Waals surface area contributed by atoms with Crippen molar-refractivity contribution >= 4 is 11.8 Å². The molecule has 0 amide bonds. The lowest BCUT2D eigenvalue weighted by atomic mass is 10.1. The van der Waals surface area contributed by atoms with Gasteiger partial charge in [0.25, 0.3) is 0 Å². The van der Waals surface area contributed by atoms with E-state index in [2.05, 4.69) is 25.2 Å². The van der Waals surface area contributed by atoms with Gasteiger partial charge in [0.15, 0.2) is 0 Å². The minimum Gasteiger partial charge on any atom is -0.444 e. The van der Waals surface area contributed by atoms with Crippen molar-refractivity contribution in [3.05, 3.63) is 54.6 Å². The molecule has 1 unspecified atom stereocenters. The van der Waals surface area contributed by atoms with Crippen LogP contribution in [0.4, 0.5) is 11.8 Å². The molecule has 0 radical (unpaired) electrons. The standard InChI is InChI=1S/C19H21N5O2/c25-16-7-4-10-24(12-16)17-8-9-20-19(23-17)21-11-15-13-26-18(22-15)14-5-2-1-3-6-14/h1-3,5-6,8-9,13,16,25H,4,7,10-12H2,(H,20,21,23). The molecule has 7 nitrogen and oxygen atoms in total. The fourth-order valence-corrected chi connectivity index (χ4v) is 3.04. The third-order valence-corrected chi connectivity index (χ3v) is 4.36. The molecule has 1 saturated heterocycles. The quantitative estimate of drug-likeness (QED) is 0.731. The van der Waals surface area contributed by atoms with E-state index in [0.29, 0.717) is 24.9 Å². The third kappa shape index (κ3) is 3.83. The lowest BCUT2D eigenvalue weighted by Gasteiger charge is -2.31. The van der Waals surface area contributed by atoms with Crippen molar-refractivity contribution in [2.75, 3.05) is 23.3 Å². The maximum atomic E-state index is 9.84. The highest BCUT2D eigenvalue weighted by molar-refractivity contribution is 5.52. The minimum atomic E-state index is -0.290. The number of aliphatic hydroxyl groups excluding tert-OH is 1. The Morgan fingerprint density at radius 3 is 2.92 bits per heavy atom. The summed E-state index contributed by atoms with van der Waals surface area (Å²) in [6, 6.07) is 11.7. The van der Waals surface area contributed by atoms with E-state index in [1.54, 1.807) is 12.5 Å². The summed E-state index contributed by atoms with van der Waals surface area (Å²) in [5.41, 5.74) is 1.73. The van der Waals surface area contributed by atoms with E-state index in [9.17, 15) is 5.11 Å². The molecule has 4 rings (SSSR count). The summed E-state index contributed by atoms with van der Waals surface area (Å²) in [4.78, 5) is 15.4. The van der Waals surface area contributed by atoms with E-state index in [-0.39, 0.29) is 6.10 Å². The Hall–Kier alpha value is -2.93. The van der Waals surface area contributed by atoms with Crippen LogP contribution in [-0.4, -0.2) is 39.3 Å². The van der Waals surface area contributed by atoms with E-state index in [4.69, 9.17) is 4.42 Å². The SMILES string of the molecule is OC1CCCN(c2ccnc(NCc3coc(-c4ccccc4)n3)n2)C1. The van der Waals surface area contributed by atoms with Gasteiger partial charge >= 0.3 is 0 Å². The number of hydrogen-bond acceptors (Lipinski definition) is 7. The number of aromatic nitrogens is 3. The lowest BCUT2D eigenvalue weighted by Crippen LogP contribution is -2.38. The molecule has 2 N–H and O–H groups in total. The van der Waals surface area contributed by atoms with Crippen LogP contribution in [0.3, 0.4) is 0 Å². The van der Waals surface area contributed by atoms with Gasteiger partial charge in [0.1, 0.15) is 12.1 Å². The van der Waals surface area contributed by atoms with Crippen LogP contribution in [0, 0.1) is 0 Å². The van der Waals surface area contributed by atoms with Crippen LogP contribution < -0.4 is 10.2 Å². The van der Waals surface area contributed by atoms with E-state index in [1.165, 1.54) is 0 Å². The summed E-state index contributed by atoms with van der Waals surface area (Å²) in [6.07, 6.45) is 4.89. The summed E-state index contributed by atoms with van der Waals surface area (Å²) in [5.74, 6) is 1.96. The van der Waals surface area contributed by atoms with Gasteiger partial charge in [-0.1, -0.05) is 18.2 Å². The van der Waals surface area contributed by atoms with Gasteiger partial charge in [0.2, 0.25) is 11.8 Å². The van der Waals surface area contributed by atoms with Crippen LogP contribution in [0.1, 0.15) is 18.5 Å². The van der Waals surface area contributed by atoms with Gasteiger partial charge in [-0.15, -0.1) is 0 Å². The molecule has 1 aliphatic heterocycles. The topological polar surface area (TPSA) is 87.3 Å². The van der Waals surface area contributed by atoms with Crippen LogP contribution in [0.5, 0.6) is 0 Å². The highest BCUT2D eigenvalue weighted by Crippen LogP contribution is 2.20. The highest BCUT2D eigenvalue weighted by Gasteiger charge is 2.19. The second-order valence-electron chi connectivity index (χ2n) is 6.34. The summed E-state index contributed by atoms with van der Waals surface area (Å²) < 4.78 is 5.54. The molecular formula is C19H21N5O2. The van der Waals surface area contributed by atoms with Crippen LogP contribution in [0.25, 0.3) is 11.5 Å². The van der Waals surface area contributed by atoms with Gasteiger partial charge in [-0.2, -0.15) is 4.98 Å². The first-order chi connectivity index (χ1) is 12.8. The minimum absolute atomic E-state index is 0.290. The number of hydrogen-bond donors (Lipinski definition) is 2. The molecule has 1 atom stereocenters. The van der Waals surface area contributed by atoms with Gasteiger partial charge in [-0.3, -0.25) is 0 Å². The van der Waals surface area contributed by atoms with Crippen molar-refractivity contribution in [3.63, 3.8) is 0 Å².